The normalized spacial score (nSPS) is 30.8. The van der Waals surface area contributed by atoms with Gasteiger partial charge in [0, 0.05) is 0 Å². The first-order valence-corrected chi connectivity index (χ1v) is 4.32. The zero-order valence-electron chi connectivity index (χ0n) is 8.07. The van der Waals surface area contributed by atoms with Crippen LogP contribution in [0.15, 0.2) is 23.5 Å². The van der Waals surface area contributed by atoms with E-state index in [9.17, 15) is 14.7 Å². The second-order valence-electron chi connectivity index (χ2n) is 3.28. The summed E-state index contributed by atoms with van der Waals surface area (Å²) < 4.78 is 0. The third-order valence-corrected chi connectivity index (χ3v) is 2.44. The van der Waals surface area contributed by atoms with E-state index >= 15 is 0 Å². The first-order valence-electron chi connectivity index (χ1n) is 4.32. The van der Waals surface area contributed by atoms with Gasteiger partial charge in [-0.3, -0.25) is 9.59 Å². The lowest BCUT2D eigenvalue weighted by Crippen LogP contribution is -2.48. The van der Waals surface area contributed by atoms with E-state index in [0.717, 1.165) is 0 Å². The Kier molecular flexibility index (Phi) is 2.57. The molecule has 0 aromatic rings. The Morgan fingerprint density at radius 1 is 1.50 bits per heavy atom. The van der Waals surface area contributed by atoms with Gasteiger partial charge in [-0.25, -0.2) is 0 Å². The number of allylic oxidation sites excluding steroid dienone is 1. The zero-order valence-corrected chi connectivity index (χ0v) is 8.07. The lowest BCUT2D eigenvalue weighted by Gasteiger charge is -2.27. The van der Waals surface area contributed by atoms with E-state index in [1.807, 2.05) is 0 Å². The first-order chi connectivity index (χ1) is 6.47. The number of ketones is 2. The minimum atomic E-state index is -1.99. The van der Waals surface area contributed by atoms with Gasteiger partial charge < -0.3 is 10.2 Å². The number of aliphatic hydroxyl groups excluding tert-OH is 1. The molecule has 1 rings (SSSR count). The molecule has 0 saturated carbocycles. The maximum absolute atomic E-state index is 11.6. The molecule has 0 aromatic carbocycles. The summed E-state index contributed by atoms with van der Waals surface area (Å²) in [6.07, 6.45) is 1.81. The third-order valence-electron chi connectivity index (χ3n) is 2.44. The van der Waals surface area contributed by atoms with Gasteiger partial charge in [-0.1, -0.05) is 6.92 Å². The minimum absolute atomic E-state index is 0.00560. The Hall–Kier alpha value is -1.42. The average Bonchev–Trinajstić information content (AvgIpc) is 2.15. The van der Waals surface area contributed by atoms with Gasteiger partial charge in [0.25, 0.3) is 0 Å². The van der Waals surface area contributed by atoms with E-state index < -0.39 is 17.2 Å². The fourth-order valence-electron chi connectivity index (χ4n) is 1.40. The summed E-state index contributed by atoms with van der Waals surface area (Å²) in [5.74, 6) is -1.35. The zero-order chi connectivity index (χ0) is 10.9. The molecular formula is C10H12O4. The second-order valence-corrected chi connectivity index (χ2v) is 3.28. The lowest BCUT2D eigenvalue weighted by atomic mass is 9.79. The summed E-state index contributed by atoms with van der Waals surface area (Å²) >= 11 is 0. The molecule has 0 radical (unpaired) electrons. The largest absolute Gasteiger partial charge is 0.515 e. The van der Waals surface area contributed by atoms with Crippen LogP contribution >= 0.6 is 0 Å². The van der Waals surface area contributed by atoms with Gasteiger partial charge in [0.15, 0.2) is 11.4 Å². The molecule has 0 saturated heterocycles. The van der Waals surface area contributed by atoms with Crippen LogP contribution in [-0.4, -0.2) is 27.4 Å². The van der Waals surface area contributed by atoms with Crippen LogP contribution in [0.25, 0.3) is 0 Å². The maximum Gasteiger partial charge on any atom is 0.205 e. The highest BCUT2D eigenvalue weighted by molar-refractivity contribution is 6.25. The monoisotopic (exact) mass is 196 g/mol. The molecule has 0 spiro atoms. The predicted molar refractivity (Wildman–Crippen MR) is 49.7 cm³/mol. The molecule has 76 valence electrons. The number of carbonyl (C=O) groups excluding carboxylic acids is 2. The van der Waals surface area contributed by atoms with E-state index in [2.05, 4.69) is 0 Å². The van der Waals surface area contributed by atoms with Crippen molar-refractivity contribution in [2.24, 2.45) is 0 Å². The van der Waals surface area contributed by atoms with Gasteiger partial charge in [-0.15, -0.1) is 0 Å². The number of hydrogen-bond acceptors (Lipinski definition) is 4. The van der Waals surface area contributed by atoms with Crippen LogP contribution in [0.4, 0.5) is 0 Å². The molecule has 0 bridgehead atoms. The smallest absolute Gasteiger partial charge is 0.205 e. The van der Waals surface area contributed by atoms with Crippen molar-refractivity contribution in [3.63, 3.8) is 0 Å². The molecular weight excluding hydrogens is 184 g/mol. The highest BCUT2D eigenvalue weighted by Gasteiger charge is 2.45. The minimum Gasteiger partial charge on any atom is -0.515 e. The van der Waals surface area contributed by atoms with Gasteiger partial charge in [0.05, 0.1) is 11.8 Å². The van der Waals surface area contributed by atoms with Gasteiger partial charge in [0.1, 0.15) is 0 Å². The topological polar surface area (TPSA) is 74.6 Å². The summed E-state index contributed by atoms with van der Waals surface area (Å²) in [5.41, 5.74) is -1.62. The Morgan fingerprint density at radius 3 is 2.50 bits per heavy atom. The number of carbonyl (C=O) groups is 2. The molecule has 14 heavy (non-hydrogen) atoms. The molecule has 0 fully saturated rings. The fraction of sp³-hybridized carbons (Fsp3) is 0.400. The van der Waals surface area contributed by atoms with Crippen molar-refractivity contribution in [2.45, 2.75) is 25.9 Å². The van der Waals surface area contributed by atoms with Gasteiger partial charge in [-0.2, -0.15) is 0 Å². The van der Waals surface area contributed by atoms with E-state index in [1.54, 1.807) is 6.92 Å². The SMILES string of the molecule is CCC1(O)C(=O)C=C(C)/C(=C/O)C1=O. The quantitative estimate of drug-likeness (QED) is 0.367. The van der Waals surface area contributed by atoms with Crippen LogP contribution in [0.5, 0.6) is 0 Å². The van der Waals surface area contributed by atoms with E-state index in [4.69, 9.17) is 5.11 Å². The first kappa shape index (κ1) is 10.7. The van der Waals surface area contributed by atoms with Crippen molar-refractivity contribution in [3.05, 3.63) is 23.5 Å². The molecule has 2 N–H and O–H groups in total. The van der Waals surface area contributed by atoms with E-state index in [-0.39, 0.29) is 12.0 Å². The number of Topliss-reactive ketones (excluding diaryl/α,β-unsaturated/α-hetero) is 1. The van der Waals surface area contributed by atoms with Crippen LogP contribution in [0, 0.1) is 0 Å². The highest BCUT2D eigenvalue weighted by Crippen LogP contribution is 2.27. The van der Waals surface area contributed by atoms with Crippen molar-refractivity contribution in [1.82, 2.24) is 0 Å². The summed E-state index contributed by atoms with van der Waals surface area (Å²) in [6, 6.07) is 0. The molecule has 0 amide bonds. The molecule has 0 aliphatic heterocycles. The van der Waals surface area contributed by atoms with Crippen LogP contribution in [0.1, 0.15) is 20.3 Å². The highest BCUT2D eigenvalue weighted by atomic mass is 16.3. The summed E-state index contributed by atoms with van der Waals surface area (Å²) in [6.45, 7) is 3.08. The fourth-order valence-corrected chi connectivity index (χ4v) is 1.40. The van der Waals surface area contributed by atoms with Crippen molar-refractivity contribution in [1.29, 1.82) is 0 Å². The van der Waals surface area contributed by atoms with Crippen LogP contribution < -0.4 is 0 Å². The Labute approximate surface area is 81.6 Å². The predicted octanol–water partition coefficient (Wildman–Crippen LogP) is 0.667. The average molecular weight is 196 g/mol. The van der Waals surface area contributed by atoms with Crippen LogP contribution in [-0.2, 0) is 9.59 Å². The number of aliphatic hydroxyl groups is 2. The maximum atomic E-state index is 11.6. The number of hydrogen-bond donors (Lipinski definition) is 2. The molecule has 4 heteroatoms. The second kappa shape index (κ2) is 3.38. The summed E-state index contributed by atoms with van der Waals surface area (Å²) in [7, 11) is 0. The standard InChI is InChI=1S/C10H12O4/c1-3-10(14)8(12)4-6(2)7(5-11)9(10)13/h4-5,11,14H,3H2,1-2H3/b7-5-. The van der Waals surface area contributed by atoms with Gasteiger partial charge in [-0.05, 0) is 25.0 Å². The van der Waals surface area contributed by atoms with E-state index in [1.165, 1.54) is 13.0 Å². The molecule has 1 atom stereocenters. The van der Waals surface area contributed by atoms with Crippen molar-refractivity contribution >= 4 is 11.6 Å². The molecule has 1 aliphatic carbocycles. The Morgan fingerprint density at radius 2 is 2.07 bits per heavy atom. The van der Waals surface area contributed by atoms with Crippen molar-refractivity contribution in [2.75, 3.05) is 0 Å². The number of rotatable bonds is 1. The lowest BCUT2D eigenvalue weighted by molar-refractivity contribution is -0.146. The Balaban J connectivity index is 3.32. The van der Waals surface area contributed by atoms with Gasteiger partial charge >= 0.3 is 0 Å². The molecule has 1 unspecified atom stereocenters. The summed E-state index contributed by atoms with van der Waals surface area (Å²) in [5, 5.41) is 18.5. The van der Waals surface area contributed by atoms with Crippen molar-refractivity contribution in [3.8, 4) is 0 Å². The molecule has 0 aromatic heterocycles. The van der Waals surface area contributed by atoms with Crippen LogP contribution in [0.3, 0.4) is 0 Å². The molecule has 1 aliphatic rings. The Bertz CT molecular complexity index is 351. The third kappa shape index (κ3) is 1.28. The van der Waals surface area contributed by atoms with E-state index in [0.29, 0.717) is 11.8 Å². The van der Waals surface area contributed by atoms with Gasteiger partial charge in [0.2, 0.25) is 5.78 Å². The molecule has 0 heterocycles. The van der Waals surface area contributed by atoms with Crippen LogP contribution in [0.2, 0.25) is 0 Å². The van der Waals surface area contributed by atoms with Crippen molar-refractivity contribution < 1.29 is 19.8 Å². The summed E-state index contributed by atoms with van der Waals surface area (Å²) in [4.78, 5) is 23.0. The molecule has 4 nitrogen and oxygen atoms in total.